The van der Waals surface area contributed by atoms with Gasteiger partial charge in [0.1, 0.15) is 5.82 Å². The zero-order valence-corrected chi connectivity index (χ0v) is 11.6. The van der Waals surface area contributed by atoms with Gasteiger partial charge in [0.05, 0.1) is 6.04 Å². The van der Waals surface area contributed by atoms with E-state index in [9.17, 15) is 4.39 Å². The summed E-state index contributed by atoms with van der Waals surface area (Å²) in [5, 5.41) is 0. The SMILES string of the molecule is CN1CCCCC(N)C1c1ccc(F)cc1Br. The smallest absolute Gasteiger partial charge is 0.124 e. The summed E-state index contributed by atoms with van der Waals surface area (Å²) >= 11 is 3.44. The Morgan fingerprint density at radius 3 is 2.88 bits per heavy atom. The Labute approximate surface area is 110 Å². The van der Waals surface area contributed by atoms with Crippen LogP contribution >= 0.6 is 15.9 Å². The lowest BCUT2D eigenvalue weighted by molar-refractivity contribution is 0.229. The molecule has 1 aromatic rings. The Hall–Kier alpha value is -0.450. The van der Waals surface area contributed by atoms with Gasteiger partial charge >= 0.3 is 0 Å². The van der Waals surface area contributed by atoms with Gasteiger partial charge in [-0.2, -0.15) is 0 Å². The van der Waals surface area contributed by atoms with E-state index in [4.69, 9.17) is 5.73 Å². The van der Waals surface area contributed by atoms with E-state index < -0.39 is 0 Å². The summed E-state index contributed by atoms with van der Waals surface area (Å²) in [5.74, 6) is -0.217. The molecule has 94 valence electrons. The zero-order valence-electron chi connectivity index (χ0n) is 10.00. The number of benzene rings is 1. The minimum Gasteiger partial charge on any atom is -0.326 e. The highest BCUT2D eigenvalue weighted by atomic mass is 79.9. The standard InChI is InChI=1S/C13H18BrFN2/c1-17-7-3-2-4-12(16)13(17)10-6-5-9(15)8-11(10)14/h5-6,8,12-13H,2-4,7,16H2,1H3. The molecule has 4 heteroatoms. The summed E-state index contributed by atoms with van der Waals surface area (Å²) in [6.07, 6.45) is 3.37. The van der Waals surface area contributed by atoms with Crippen molar-refractivity contribution >= 4 is 15.9 Å². The van der Waals surface area contributed by atoms with Crippen LogP contribution in [0.3, 0.4) is 0 Å². The van der Waals surface area contributed by atoms with Gasteiger partial charge in [0, 0.05) is 10.5 Å². The van der Waals surface area contributed by atoms with E-state index in [1.807, 2.05) is 6.07 Å². The Bertz CT molecular complexity index is 385. The van der Waals surface area contributed by atoms with Gasteiger partial charge in [0.2, 0.25) is 0 Å². The molecule has 2 nitrogen and oxygen atoms in total. The first-order valence-electron chi connectivity index (χ1n) is 6.00. The lowest BCUT2D eigenvalue weighted by Gasteiger charge is -2.31. The van der Waals surface area contributed by atoms with Crippen molar-refractivity contribution in [3.05, 3.63) is 34.1 Å². The van der Waals surface area contributed by atoms with Crippen LogP contribution in [0.1, 0.15) is 30.9 Å². The fraction of sp³-hybridized carbons (Fsp3) is 0.538. The monoisotopic (exact) mass is 300 g/mol. The molecule has 0 bridgehead atoms. The second-order valence-corrected chi connectivity index (χ2v) is 5.61. The molecule has 2 unspecified atom stereocenters. The van der Waals surface area contributed by atoms with Crippen LogP contribution in [0, 0.1) is 5.82 Å². The van der Waals surface area contributed by atoms with E-state index in [0.717, 1.165) is 23.0 Å². The van der Waals surface area contributed by atoms with E-state index in [1.165, 1.54) is 25.0 Å². The van der Waals surface area contributed by atoms with Crippen molar-refractivity contribution in [2.75, 3.05) is 13.6 Å². The van der Waals surface area contributed by atoms with Crippen molar-refractivity contribution < 1.29 is 4.39 Å². The Morgan fingerprint density at radius 2 is 2.18 bits per heavy atom. The van der Waals surface area contributed by atoms with Crippen LogP contribution < -0.4 is 5.73 Å². The van der Waals surface area contributed by atoms with E-state index in [-0.39, 0.29) is 17.9 Å². The minimum absolute atomic E-state index is 0.115. The van der Waals surface area contributed by atoms with Crippen molar-refractivity contribution in [2.45, 2.75) is 31.3 Å². The third kappa shape index (κ3) is 2.87. The highest BCUT2D eigenvalue weighted by Gasteiger charge is 2.27. The molecule has 1 saturated heterocycles. The van der Waals surface area contributed by atoms with Crippen molar-refractivity contribution in [3.63, 3.8) is 0 Å². The molecule has 0 aromatic heterocycles. The number of likely N-dealkylation sites (N-methyl/N-ethyl adjacent to an activating group) is 1. The fourth-order valence-electron chi connectivity index (χ4n) is 2.57. The first-order chi connectivity index (χ1) is 8.09. The molecule has 2 atom stereocenters. The second-order valence-electron chi connectivity index (χ2n) is 4.75. The van der Waals surface area contributed by atoms with Crippen LogP contribution in [0.15, 0.2) is 22.7 Å². The van der Waals surface area contributed by atoms with Gasteiger partial charge in [-0.05, 0) is 44.1 Å². The third-order valence-corrected chi connectivity index (χ3v) is 4.15. The summed E-state index contributed by atoms with van der Waals surface area (Å²) in [6, 6.07) is 5.15. The highest BCUT2D eigenvalue weighted by molar-refractivity contribution is 9.10. The summed E-state index contributed by atoms with van der Waals surface area (Å²) in [4.78, 5) is 2.27. The average molecular weight is 301 g/mol. The van der Waals surface area contributed by atoms with Gasteiger partial charge in [-0.15, -0.1) is 0 Å². The maximum Gasteiger partial charge on any atom is 0.124 e. The first-order valence-corrected chi connectivity index (χ1v) is 6.79. The molecule has 0 saturated carbocycles. The van der Waals surface area contributed by atoms with E-state index in [2.05, 4.69) is 27.9 Å². The van der Waals surface area contributed by atoms with Gasteiger partial charge in [-0.25, -0.2) is 4.39 Å². The molecule has 0 amide bonds. The van der Waals surface area contributed by atoms with Crippen LogP contribution in [0.5, 0.6) is 0 Å². The predicted octanol–water partition coefficient (Wildman–Crippen LogP) is 3.07. The number of likely N-dealkylation sites (tertiary alicyclic amines) is 1. The summed E-state index contributed by atoms with van der Waals surface area (Å²) in [5.41, 5.74) is 7.34. The number of nitrogens with two attached hydrogens (primary N) is 1. The van der Waals surface area contributed by atoms with Gasteiger partial charge in [0.15, 0.2) is 0 Å². The number of hydrogen-bond acceptors (Lipinski definition) is 2. The molecule has 1 aliphatic rings. The average Bonchev–Trinajstić information content (AvgIpc) is 2.42. The number of halogens is 2. The van der Waals surface area contributed by atoms with Crippen molar-refractivity contribution in [3.8, 4) is 0 Å². The molecular formula is C13H18BrFN2. The van der Waals surface area contributed by atoms with E-state index >= 15 is 0 Å². The van der Waals surface area contributed by atoms with Crippen LogP contribution in [0.2, 0.25) is 0 Å². The molecule has 2 N–H and O–H groups in total. The lowest BCUT2D eigenvalue weighted by atomic mass is 9.96. The summed E-state index contributed by atoms with van der Waals surface area (Å²) < 4.78 is 13.9. The van der Waals surface area contributed by atoms with Crippen LogP contribution in [-0.2, 0) is 0 Å². The molecule has 1 fully saturated rings. The molecule has 0 radical (unpaired) electrons. The predicted molar refractivity (Wildman–Crippen MR) is 71.3 cm³/mol. The molecule has 1 aromatic carbocycles. The topological polar surface area (TPSA) is 29.3 Å². The molecule has 17 heavy (non-hydrogen) atoms. The number of rotatable bonds is 1. The largest absolute Gasteiger partial charge is 0.326 e. The fourth-order valence-corrected chi connectivity index (χ4v) is 3.16. The van der Waals surface area contributed by atoms with Gasteiger partial charge in [-0.3, -0.25) is 4.90 Å². The quantitative estimate of drug-likeness (QED) is 0.864. The number of hydrogen-bond donors (Lipinski definition) is 1. The Morgan fingerprint density at radius 1 is 1.41 bits per heavy atom. The molecule has 1 aliphatic heterocycles. The van der Waals surface area contributed by atoms with Gasteiger partial charge < -0.3 is 5.73 Å². The molecule has 0 spiro atoms. The molecular weight excluding hydrogens is 283 g/mol. The van der Waals surface area contributed by atoms with Gasteiger partial charge in [-0.1, -0.05) is 28.4 Å². The third-order valence-electron chi connectivity index (χ3n) is 3.46. The van der Waals surface area contributed by atoms with Crippen molar-refractivity contribution in [2.24, 2.45) is 5.73 Å². The van der Waals surface area contributed by atoms with Crippen LogP contribution in [0.4, 0.5) is 4.39 Å². The molecule has 0 aliphatic carbocycles. The highest BCUT2D eigenvalue weighted by Crippen LogP contribution is 2.33. The van der Waals surface area contributed by atoms with Crippen molar-refractivity contribution in [1.82, 2.24) is 4.90 Å². The van der Waals surface area contributed by atoms with E-state index in [0.29, 0.717) is 0 Å². The summed E-state index contributed by atoms with van der Waals surface area (Å²) in [6.45, 7) is 1.04. The normalized spacial score (nSPS) is 26.8. The van der Waals surface area contributed by atoms with E-state index in [1.54, 1.807) is 0 Å². The first kappa shape index (κ1) is 13.0. The zero-order chi connectivity index (χ0) is 12.4. The summed E-state index contributed by atoms with van der Waals surface area (Å²) in [7, 11) is 2.09. The maximum atomic E-state index is 13.1. The number of nitrogens with zero attached hydrogens (tertiary/aromatic N) is 1. The van der Waals surface area contributed by atoms with Gasteiger partial charge in [0.25, 0.3) is 0 Å². The maximum absolute atomic E-state index is 13.1. The Balaban J connectivity index is 2.34. The Kier molecular flexibility index (Phi) is 4.17. The van der Waals surface area contributed by atoms with Crippen LogP contribution in [-0.4, -0.2) is 24.5 Å². The molecule has 1 heterocycles. The minimum atomic E-state index is -0.217. The van der Waals surface area contributed by atoms with Crippen molar-refractivity contribution in [1.29, 1.82) is 0 Å². The molecule has 2 rings (SSSR count). The lowest BCUT2D eigenvalue weighted by Crippen LogP contribution is -2.37. The van der Waals surface area contributed by atoms with Crippen LogP contribution in [0.25, 0.3) is 0 Å². The second kappa shape index (κ2) is 5.46.